The molecular weight excluding hydrogens is 168 g/mol. The molecule has 0 aromatic carbocycles. The molecule has 0 aromatic heterocycles. The smallest absolute Gasteiger partial charge is 0.254 e. The fourth-order valence-corrected chi connectivity index (χ4v) is 1.23. The zero-order chi connectivity index (χ0) is 9.42. The summed E-state index contributed by atoms with van der Waals surface area (Å²) in [6.45, 7) is 0. The van der Waals surface area contributed by atoms with Crippen LogP contribution in [0.5, 0.6) is 0 Å². The highest BCUT2D eigenvalue weighted by atomic mass is 16.2. The summed E-state index contributed by atoms with van der Waals surface area (Å²) < 4.78 is 0. The van der Waals surface area contributed by atoms with Crippen molar-refractivity contribution in [3.8, 4) is 0 Å². The van der Waals surface area contributed by atoms with Gasteiger partial charge in [-0.15, -0.1) is 0 Å². The van der Waals surface area contributed by atoms with Gasteiger partial charge in [0.05, 0.1) is 5.71 Å². The van der Waals surface area contributed by atoms with Gasteiger partial charge in [-0.3, -0.25) is 14.6 Å². The highest BCUT2D eigenvalue weighted by Gasteiger charge is 2.26. The number of amides is 1. The number of fused-ring (bicyclic) bond motifs is 1. The van der Waals surface area contributed by atoms with Crippen molar-refractivity contribution < 1.29 is 9.59 Å². The van der Waals surface area contributed by atoms with Crippen molar-refractivity contribution in [2.24, 2.45) is 10.7 Å². The summed E-state index contributed by atoms with van der Waals surface area (Å²) in [6.07, 6.45) is 6.26. The normalized spacial score (nSPS) is 19.1. The van der Waals surface area contributed by atoms with Crippen LogP contribution in [0.25, 0.3) is 0 Å². The minimum absolute atomic E-state index is 0.0568. The Morgan fingerprint density at radius 2 is 2.23 bits per heavy atom. The summed E-state index contributed by atoms with van der Waals surface area (Å²) in [4.78, 5) is 26.2. The standard InChI is InChI=1S/C9H6N2O2/c10-9(13)6-4-11-7-3-1-2-5(7)8(6)12/h1-4H,(H2,10,13). The van der Waals surface area contributed by atoms with Crippen LogP contribution in [0.4, 0.5) is 0 Å². The van der Waals surface area contributed by atoms with Gasteiger partial charge in [-0.05, 0) is 12.2 Å². The summed E-state index contributed by atoms with van der Waals surface area (Å²) in [6, 6.07) is 0. The molecule has 2 aliphatic rings. The van der Waals surface area contributed by atoms with E-state index in [1.54, 1.807) is 18.2 Å². The maximum Gasteiger partial charge on any atom is 0.254 e. The van der Waals surface area contributed by atoms with Crippen LogP contribution < -0.4 is 5.73 Å². The predicted octanol–water partition coefficient (Wildman–Crippen LogP) is -0.125. The van der Waals surface area contributed by atoms with E-state index in [0.29, 0.717) is 11.3 Å². The fraction of sp³-hybridized carbons (Fsp3) is 0. The van der Waals surface area contributed by atoms with Crippen LogP contribution in [0.3, 0.4) is 0 Å². The Morgan fingerprint density at radius 3 is 2.92 bits per heavy atom. The van der Waals surface area contributed by atoms with E-state index in [1.807, 2.05) is 0 Å². The van der Waals surface area contributed by atoms with Crippen molar-refractivity contribution in [1.82, 2.24) is 0 Å². The van der Waals surface area contributed by atoms with Gasteiger partial charge in [-0.25, -0.2) is 0 Å². The second kappa shape index (κ2) is 2.52. The quantitative estimate of drug-likeness (QED) is 0.562. The van der Waals surface area contributed by atoms with Crippen LogP contribution in [-0.4, -0.2) is 17.4 Å². The van der Waals surface area contributed by atoms with E-state index in [-0.39, 0.29) is 11.4 Å². The van der Waals surface area contributed by atoms with E-state index in [1.165, 1.54) is 6.20 Å². The van der Waals surface area contributed by atoms with Crippen LogP contribution in [0, 0.1) is 0 Å². The predicted molar refractivity (Wildman–Crippen MR) is 46.9 cm³/mol. The van der Waals surface area contributed by atoms with Crippen LogP contribution in [0.15, 0.2) is 40.6 Å². The lowest BCUT2D eigenvalue weighted by Crippen LogP contribution is -2.25. The minimum atomic E-state index is -0.736. The molecule has 13 heavy (non-hydrogen) atoms. The molecule has 1 aliphatic heterocycles. The molecule has 0 saturated carbocycles. The van der Waals surface area contributed by atoms with Gasteiger partial charge in [0.1, 0.15) is 5.57 Å². The third-order valence-electron chi connectivity index (χ3n) is 1.88. The molecule has 0 atom stereocenters. The molecule has 0 radical (unpaired) electrons. The number of aliphatic imine (C=N–C) groups is 1. The van der Waals surface area contributed by atoms with Gasteiger partial charge in [0.15, 0.2) is 0 Å². The van der Waals surface area contributed by atoms with E-state index in [0.717, 1.165) is 0 Å². The third-order valence-corrected chi connectivity index (χ3v) is 1.88. The monoisotopic (exact) mass is 174 g/mol. The number of nitrogens with zero attached hydrogens (tertiary/aromatic N) is 1. The van der Waals surface area contributed by atoms with Gasteiger partial charge in [-0.1, -0.05) is 6.08 Å². The van der Waals surface area contributed by atoms with E-state index < -0.39 is 5.91 Å². The maximum atomic E-state index is 11.5. The van der Waals surface area contributed by atoms with Crippen LogP contribution in [0.2, 0.25) is 0 Å². The molecule has 0 spiro atoms. The second-order valence-corrected chi connectivity index (χ2v) is 2.69. The summed E-state index contributed by atoms with van der Waals surface area (Å²) in [5, 5.41) is 0. The first-order valence-electron chi connectivity index (χ1n) is 3.71. The molecule has 4 nitrogen and oxygen atoms in total. The Balaban J connectivity index is 2.49. The summed E-state index contributed by atoms with van der Waals surface area (Å²) >= 11 is 0. The number of hydrogen-bond acceptors (Lipinski definition) is 3. The van der Waals surface area contributed by atoms with Gasteiger partial charge >= 0.3 is 0 Å². The first-order valence-corrected chi connectivity index (χ1v) is 3.71. The average molecular weight is 174 g/mol. The molecule has 4 heteroatoms. The second-order valence-electron chi connectivity index (χ2n) is 2.69. The lowest BCUT2D eigenvalue weighted by atomic mass is 10.00. The van der Waals surface area contributed by atoms with Gasteiger partial charge in [-0.2, -0.15) is 0 Å². The number of hydrogen-bond donors (Lipinski definition) is 1. The van der Waals surface area contributed by atoms with E-state index in [4.69, 9.17) is 5.73 Å². The number of ketones is 1. The molecular formula is C9H6N2O2. The number of carbonyl (C=O) groups is 2. The van der Waals surface area contributed by atoms with Crippen molar-refractivity contribution in [1.29, 1.82) is 0 Å². The number of Topliss-reactive ketones (excluding diaryl/α,β-unsaturated/α-hetero) is 1. The molecule has 1 heterocycles. The molecule has 0 saturated heterocycles. The highest BCUT2D eigenvalue weighted by Crippen LogP contribution is 2.18. The Hall–Kier alpha value is -1.97. The largest absolute Gasteiger partial charge is 0.365 e. The zero-order valence-electron chi connectivity index (χ0n) is 6.65. The molecule has 1 aliphatic carbocycles. The first kappa shape index (κ1) is 7.67. The van der Waals surface area contributed by atoms with Crippen LogP contribution in [-0.2, 0) is 9.59 Å². The average Bonchev–Trinajstić information content (AvgIpc) is 2.52. The van der Waals surface area contributed by atoms with Crippen molar-refractivity contribution in [2.75, 3.05) is 0 Å². The van der Waals surface area contributed by atoms with Crippen molar-refractivity contribution >= 4 is 17.4 Å². The molecule has 2 N–H and O–H groups in total. The lowest BCUT2D eigenvalue weighted by molar-refractivity contribution is -0.119. The first-order chi connectivity index (χ1) is 6.20. The lowest BCUT2D eigenvalue weighted by Gasteiger charge is -2.08. The van der Waals surface area contributed by atoms with Crippen LogP contribution >= 0.6 is 0 Å². The number of carbonyl (C=O) groups excluding carboxylic acids is 2. The Labute approximate surface area is 74.1 Å². The zero-order valence-corrected chi connectivity index (χ0v) is 6.65. The van der Waals surface area contributed by atoms with Gasteiger partial charge in [0.25, 0.3) is 5.91 Å². The Kier molecular flexibility index (Phi) is 1.48. The van der Waals surface area contributed by atoms with E-state index >= 15 is 0 Å². The van der Waals surface area contributed by atoms with E-state index in [2.05, 4.69) is 4.99 Å². The fourth-order valence-electron chi connectivity index (χ4n) is 1.23. The highest BCUT2D eigenvalue weighted by molar-refractivity contribution is 6.39. The summed E-state index contributed by atoms with van der Waals surface area (Å²) in [5.41, 5.74) is 5.97. The topological polar surface area (TPSA) is 72.5 Å². The molecule has 0 unspecified atom stereocenters. The van der Waals surface area contributed by atoms with Crippen molar-refractivity contribution in [3.63, 3.8) is 0 Å². The summed E-state index contributed by atoms with van der Waals surface area (Å²) in [5.74, 6) is -1.08. The number of allylic oxidation sites excluding steroid dienone is 4. The number of rotatable bonds is 1. The van der Waals surface area contributed by atoms with Gasteiger partial charge in [0.2, 0.25) is 5.78 Å². The summed E-state index contributed by atoms with van der Waals surface area (Å²) in [7, 11) is 0. The molecule has 2 rings (SSSR count). The molecule has 64 valence electrons. The van der Waals surface area contributed by atoms with Gasteiger partial charge in [0, 0.05) is 11.8 Å². The van der Waals surface area contributed by atoms with E-state index in [9.17, 15) is 9.59 Å². The minimum Gasteiger partial charge on any atom is -0.365 e. The number of nitrogens with two attached hydrogens (primary N) is 1. The molecule has 1 amide bonds. The van der Waals surface area contributed by atoms with Crippen LogP contribution in [0.1, 0.15) is 0 Å². The molecule has 0 fully saturated rings. The Bertz CT molecular complexity index is 425. The maximum absolute atomic E-state index is 11.5. The SMILES string of the molecule is NC(=O)C1=CN=C2C=CC=C2C1=O. The Morgan fingerprint density at radius 1 is 1.46 bits per heavy atom. The van der Waals surface area contributed by atoms with Crippen molar-refractivity contribution in [2.45, 2.75) is 0 Å². The molecule has 0 aromatic rings. The third kappa shape index (κ3) is 1.03. The van der Waals surface area contributed by atoms with Gasteiger partial charge < -0.3 is 5.73 Å². The van der Waals surface area contributed by atoms with Crippen molar-refractivity contribution in [3.05, 3.63) is 35.6 Å². The number of primary amides is 1. The molecule has 0 bridgehead atoms.